The average molecular weight is 397 g/mol. The molecule has 1 aliphatic heterocycles. The number of nitrogens with one attached hydrogen (secondary N) is 3. The summed E-state index contributed by atoms with van der Waals surface area (Å²) in [4.78, 5) is 26.4. The Bertz CT molecular complexity index is 847. The molecule has 1 saturated heterocycles. The molecule has 1 aliphatic rings. The number of ether oxygens (including phenoxy) is 1. The van der Waals surface area contributed by atoms with Crippen LogP contribution in [0.15, 0.2) is 48.5 Å². The van der Waals surface area contributed by atoms with E-state index in [1.807, 2.05) is 43.3 Å². The minimum atomic E-state index is -0.611. The van der Waals surface area contributed by atoms with Crippen LogP contribution in [-0.4, -0.2) is 44.2 Å². The van der Waals surface area contributed by atoms with E-state index in [0.29, 0.717) is 12.1 Å². The van der Waals surface area contributed by atoms with Gasteiger partial charge in [0, 0.05) is 17.7 Å². The zero-order valence-corrected chi connectivity index (χ0v) is 17.2. The fourth-order valence-corrected chi connectivity index (χ4v) is 3.48. The summed E-state index contributed by atoms with van der Waals surface area (Å²) in [5.41, 5.74) is 3.91. The van der Waals surface area contributed by atoms with Crippen LogP contribution in [0.4, 0.5) is 0 Å². The third-order valence-corrected chi connectivity index (χ3v) is 5.23. The van der Waals surface area contributed by atoms with Crippen LogP contribution in [0.1, 0.15) is 34.0 Å². The SMILES string of the molecule is Cc1cccc(C(=O)N[C@@H](C)C(=O)NCc2ccccc2C[NH+]2CCOCC2)c1. The van der Waals surface area contributed by atoms with Gasteiger partial charge in [-0.2, -0.15) is 0 Å². The highest BCUT2D eigenvalue weighted by molar-refractivity contribution is 5.97. The summed E-state index contributed by atoms with van der Waals surface area (Å²) in [5, 5.41) is 5.73. The molecule has 0 saturated carbocycles. The predicted octanol–water partition coefficient (Wildman–Crippen LogP) is 0.845. The summed E-state index contributed by atoms with van der Waals surface area (Å²) in [5.74, 6) is -0.438. The quantitative estimate of drug-likeness (QED) is 0.650. The molecule has 3 rings (SSSR count). The molecule has 1 atom stereocenters. The molecule has 0 spiro atoms. The summed E-state index contributed by atoms with van der Waals surface area (Å²) >= 11 is 0. The Labute approximate surface area is 172 Å². The summed E-state index contributed by atoms with van der Waals surface area (Å²) < 4.78 is 5.43. The Balaban J connectivity index is 1.54. The fourth-order valence-electron chi connectivity index (χ4n) is 3.48. The Morgan fingerprint density at radius 1 is 1.07 bits per heavy atom. The number of rotatable bonds is 7. The lowest BCUT2D eigenvalue weighted by Crippen LogP contribution is -3.12. The van der Waals surface area contributed by atoms with Crippen molar-refractivity contribution in [3.63, 3.8) is 0 Å². The van der Waals surface area contributed by atoms with Gasteiger partial charge in [-0.1, -0.05) is 42.0 Å². The molecule has 2 aromatic rings. The topological polar surface area (TPSA) is 71.9 Å². The van der Waals surface area contributed by atoms with Crippen molar-refractivity contribution in [2.75, 3.05) is 26.3 Å². The molecular formula is C23H30N3O3+. The first-order valence-electron chi connectivity index (χ1n) is 10.2. The molecule has 2 amide bonds. The summed E-state index contributed by atoms with van der Waals surface area (Å²) in [6.07, 6.45) is 0. The van der Waals surface area contributed by atoms with Gasteiger partial charge >= 0.3 is 0 Å². The molecule has 29 heavy (non-hydrogen) atoms. The Kier molecular flexibility index (Phi) is 7.38. The lowest BCUT2D eigenvalue weighted by atomic mass is 10.1. The maximum atomic E-state index is 12.5. The minimum absolute atomic E-state index is 0.195. The van der Waals surface area contributed by atoms with Gasteiger partial charge in [-0.15, -0.1) is 0 Å². The van der Waals surface area contributed by atoms with E-state index in [2.05, 4.69) is 16.7 Å². The molecule has 6 heteroatoms. The number of hydrogen-bond donors (Lipinski definition) is 3. The van der Waals surface area contributed by atoms with E-state index in [1.165, 1.54) is 10.5 Å². The first-order valence-corrected chi connectivity index (χ1v) is 10.2. The number of amides is 2. The van der Waals surface area contributed by atoms with E-state index >= 15 is 0 Å². The van der Waals surface area contributed by atoms with Crippen molar-refractivity contribution in [1.82, 2.24) is 10.6 Å². The molecule has 0 unspecified atom stereocenters. The maximum Gasteiger partial charge on any atom is 0.251 e. The highest BCUT2D eigenvalue weighted by atomic mass is 16.5. The van der Waals surface area contributed by atoms with Gasteiger partial charge < -0.3 is 20.3 Å². The van der Waals surface area contributed by atoms with Gasteiger partial charge in [-0.3, -0.25) is 9.59 Å². The van der Waals surface area contributed by atoms with Crippen LogP contribution in [-0.2, 0) is 22.6 Å². The normalized spacial score (nSPS) is 15.5. The molecule has 154 valence electrons. The number of aryl methyl sites for hydroxylation is 1. The van der Waals surface area contributed by atoms with E-state index in [9.17, 15) is 9.59 Å². The molecule has 0 bridgehead atoms. The molecule has 3 N–H and O–H groups in total. The van der Waals surface area contributed by atoms with Crippen molar-refractivity contribution < 1.29 is 19.2 Å². The largest absolute Gasteiger partial charge is 0.370 e. The fraction of sp³-hybridized carbons (Fsp3) is 0.391. The van der Waals surface area contributed by atoms with Crippen LogP contribution < -0.4 is 15.5 Å². The van der Waals surface area contributed by atoms with Gasteiger partial charge in [-0.05, 0) is 31.5 Å². The van der Waals surface area contributed by atoms with E-state index < -0.39 is 6.04 Å². The molecule has 6 nitrogen and oxygen atoms in total. The van der Waals surface area contributed by atoms with Gasteiger partial charge in [-0.25, -0.2) is 0 Å². The lowest BCUT2D eigenvalue weighted by molar-refractivity contribution is -0.921. The van der Waals surface area contributed by atoms with E-state index in [4.69, 9.17) is 4.74 Å². The zero-order valence-electron chi connectivity index (χ0n) is 17.2. The van der Waals surface area contributed by atoms with Crippen molar-refractivity contribution in [3.8, 4) is 0 Å². The first-order chi connectivity index (χ1) is 14.0. The summed E-state index contributed by atoms with van der Waals surface area (Å²) in [6.45, 7) is 8.61. The van der Waals surface area contributed by atoms with Crippen molar-refractivity contribution in [3.05, 3.63) is 70.8 Å². The molecule has 0 radical (unpaired) electrons. The third-order valence-electron chi connectivity index (χ3n) is 5.23. The van der Waals surface area contributed by atoms with Crippen LogP contribution in [0.2, 0.25) is 0 Å². The van der Waals surface area contributed by atoms with Gasteiger partial charge in [0.25, 0.3) is 5.91 Å². The minimum Gasteiger partial charge on any atom is -0.370 e. The predicted molar refractivity (Wildman–Crippen MR) is 112 cm³/mol. The van der Waals surface area contributed by atoms with Crippen molar-refractivity contribution in [2.45, 2.75) is 33.0 Å². The number of carbonyl (C=O) groups excluding carboxylic acids is 2. The Morgan fingerprint density at radius 3 is 2.52 bits per heavy atom. The Morgan fingerprint density at radius 2 is 1.79 bits per heavy atom. The number of benzene rings is 2. The van der Waals surface area contributed by atoms with Gasteiger partial charge in [0.2, 0.25) is 5.91 Å². The number of quaternary nitrogens is 1. The van der Waals surface area contributed by atoms with Crippen LogP contribution in [0.5, 0.6) is 0 Å². The Hall–Kier alpha value is -2.70. The van der Waals surface area contributed by atoms with Crippen LogP contribution in [0.25, 0.3) is 0 Å². The molecule has 0 aliphatic carbocycles. The molecule has 0 aromatic heterocycles. The third kappa shape index (κ3) is 6.14. The van der Waals surface area contributed by atoms with Crippen molar-refractivity contribution >= 4 is 11.8 Å². The smallest absolute Gasteiger partial charge is 0.251 e. The van der Waals surface area contributed by atoms with Gasteiger partial charge in [0.05, 0.1) is 13.2 Å². The standard InChI is InChI=1S/C23H29N3O3/c1-17-6-5-9-19(14-17)23(28)25-18(2)22(27)24-15-20-7-3-4-8-21(20)16-26-10-12-29-13-11-26/h3-9,14,18H,10-13,15-16H2,1-2H3,(H,24,27)(H,25,28)/p+1/t18-/m0/s1. The van der Waals surface area contributed by atoms with Crippen molar-refractivity contribution in [1.29, 1.82) is 0 Å². The molecule has 1 fully saturated rings. The maximum absolute atomic E-state index is 12.5. The summed E-state index contributed by atoms with van der Waals surface area (Å²) in [6, 6.07) is 14.9. The van der Waals surface area contributed by atoms with Crippen LogP contribution in [0.3, 0.4) is 0 Å². The highest BCUT2D eigenvalue weighted by Gasteiger charge is 2.18. The van der Waals surface area contributed by atoms with Gasteiger partial charge in [0.1, 0.15) is 25.7 Å². The lowest BCUT2D eigenvalue weighted by Gasteiger charge is -2.24. The van der Waals surface area contributed by atoms with Crippen molar-refractivity contribution in [2.24, 2.45) is 0 Å². The van der Waals surface area contributed by atoms with Crippen LogP contribution in [0, 0.1) is 6.92 Å². The van der Waals surface area contributed by atoms with E-state index in [0.717, 1.165) is 44.0 Å². The van der Waals surface area contributed by atoms with Gasteiger partial charge in [0.15, 0.2) is 0 Å². The zero-order chi connectivity index (χ0) is 20.6. The highest BCUT2D eigenvalue weighted by Crippen LogP contribution is 2.08. The second-order valence-corrected chi connectivity index (χ2v) is 7.59. The van der Waals surface area contributed by atoms with E-state index in [1.54, 1.807) is 13.0 Å². The molecule has 1 heterocycles. The first kappa shape index (κ1) is 21.0. The second kappa shape index (κ2) is 10.2. The van der Waals surface area contributed by atoms with E-state index in [-0.39, 0.29) is 11.8 Å². The average Bonchev–Trinajstić information content (AvgIpc) is 2.73. The number of carbonyl (C=O) groups is 2. The molecule has 2 aromatic carbocycles. The monoisotopic (exact) mass is 396 g/mol. The number of hydrogen-bond acceptors (Lipinski definition) is 3. The molecular weight excluding hydrogens is 366 g/mol. The van der Waals surface area contributed by atoms with Crippen LogP contribution >= 0.6 is 0 Å². The summed E-state index contributed by atoms with van der Waals surface area (Å²) in [7, 11) is 0. The number of morpholine rings is 1. The second-order valence-electron chi connectivity index (χ2n) is 7.59.